The van der Waals surface area contributed by atoms with E-state index < -0.39 is 0 Å². The Morgan fingerprint density at radius 2 is 1.95 bits per heavy atom. The molecule has 1 aliphatic heterocycles. The zero-order valence-electron chi connectivity index (χ0n) is 12.2. The van der Waals surface area contributed by atoms with Crippen LogP contribution < -0.4 is 10.5 Å². The van der Waals surface area contributed by atoms with E-state index in [1.165, 1.54) is 19.3 Å². The highest BCUT2D eigenvalue weighted by Gasteiger charge is 2.16. The van der Waals surface area contributed by atoms with Crippen molar-refractivity contribution in [1.82, 2.24) is 15.1 Å². The first-order valence-electron chi connectivity index (χ1n) is 7.08. The molecule has 0 radical (unpaired) electrons. The first-order valence-corrected chi connectivity index (χ1v) is 7.49. The smallest absolute Gasteiger partial charge is 0.244 e. The van der Waals surface area contributed by atoms with Crippen LogP contribution in [-0.2, 0) is 0 Å². The minimum Gasteiger partial charge on any atom is -0.475 e. The topological polar surface area (TPSA) is 64.3 Å². The van der Waals surface area contributed by atoms with Crippen LogP contribution in [0.15, 0.2) is 0 Å². The quantitative estimate of drug-likeness (QED) is 0.832. The first kappa shape index (κ1) is 15.1. The summed E-state index contributed by atoms with van der Waals surface area (Å²) in [6.45, 7) is 7.64. The third-order valence-corrected chi connectivity index (χ3v) is 3.97. The van der Waals surface area contributed by atoms with Crippen LogP contribution in [0.25, 0.3) is 0 Å². The maximum atomic E-state index is 5.77. The Balaban J connectivity index is 1.98. The van der Waals surface area contributed by atoms with Gasteiger partial charge < -0.3 is 10.5 Å². The lowest BCUT2D eigenvalue weighted by Crippen LogP contribution is -2.33. The maximum Gasteiger partial charge on any atom is 0.244 e. The van der Waals surface area contributed by atoms with Crippen LogP contribution in [0.2, 0.25) is 0 Å². The van der Waals surface area contributed by atoms with Crippen LogP contribution in [0, 0.1) is 13.8 Å². The zero-order valence-corrected chi connectivity index (χ0v) is 13.0. The van der Waals surface area contributed by atoms with Gasteiger partial charge in [0.15, 0.2) is 0 Å². The summed E-state index contributed by atoms with van der Waals surface area (Å²) in [4.78, 5) is 2.73. The van der Waals surface area contributed by atoms with Gasteiger partial charge in [0.1, 0.15) is 11.6 Å². The fraction of sp³-hybridized carbons (Fsp3) is 0.643. The van der Waals surface area contributed by atoms with Crippen molar-refractivity contribution in [2.24, 2.45) is 5.73 Å². The molecule has 0 aliphatic carbocycles. The lowest BCUT2D eigenvalue weighted by atomic mass is 10.1. The summed E-state index contributed by atoms with van der Waals surface area (Å²) in [5.41, 5.74) is 8.26. The zero-order chi connectivity index (χ0) is 14.5. The number of rotatable bonds is 5. The largest absolute Gasteiger partial charge is 0.475 e. The summed E-state index contributed by atoms with van der Waals surface area (Å²) in [5.74, 6) is 0.456. The van der Waals surface area contributed by atoms with Crippen molar-refractivity contribution >= 4 is 17.2 Å². The minimum absolute atomic E-state index is 0.313. The fourth-order valence-corrected chi connectivity index (χ4v) is 2.67. The minimum atomic E-state index is 0.313. The van der Waals surface area contributed by atoms with Crippen molar-refractivity contribution in [3.8, 4) is 5.88 Å². The van der Waals surface area contributed by atoms with E-state index in [4.69, 9.17) is 22.7 Å². The van der Waals surface area contributed by atoms with E-state index in [-0.39, 0.29) is 0 Å². The van der Waals surface area contributed by atoms with E-state index in [1.807, 2.05) is 13.8 Å². The van der Waals surface area contributed by atoms with Crippen molar-refractivity contribution in [3.63, 3.8) is 0 Å². The molecule has 0 aromatic carbocycles. The second kappa shape index (κ2) is 6.95. The lowest BCUT2D eigenvalue weighted by molar-refractivity contribution is 0.179. The monoisotopic (exact) mass is 294 g/mol. The molecule has 0 spiro atoms. The molecular weight excluding hydrogens is 272 g/mol. The number of nitrogens with zero attached hydrogens (tertiary/aromatic N) is 3. The van der Waals surface area contributed by atoms with Crippen LogP contribution in [-0.4, -0.2) is 46.3 Å². The number of likely N-dealkylation sites (tertiary alicyclic amines) is 1. The highest BCUT2D eigenvalue weighted by atomic mass is 32.1. The molecule has 1 aromatic heterocycles. The number of thiocarbonyl (C=S) groups is 1. The van der Waals surface area contributed by atoms with Crippen molar-refractivity contribution in [2.75, 3.05) is 26.2 Å². The van der Waals surface area contributed by atoms with E-state index >= 15 is 0 Å². The average molecular weight is 294 g/mol. The van der Waals surface area contributed by atoms with Gasteiger partial charge in [-0.15, -0.1) is 5.10 Å². The van der Waals surface area contributed by atoms with E-state index in [9.17, 15) is 0 Å². The van der Waals surface area contributed by atoms with E-state index in [0.717, 1.165) is 30.9 Å². The molecule has 5 nitrogen and oxygen atoms in total. The molecule has 0 atom stereocenters. The Bertz CT molecular complexity index is 486. The average Bonchev–Trinajstić information content (AvgIpc) is 2.43. The molecule has 0 saturated carbocycles. The SMILES string of the molecule is Cc1nnc(OCCN2CCCCC2)c(C(N)=S)c1C. The van der Waals surface area contributed by atoms with Gasteiger partial charge in [-0.2, -0.15) is 5.10 Å². The molecule has 1 fully saturated rings. The summed E-state index contributed by atoms with van der Waals surface area (Å²) < 4.78 is 5.75. The molecule has 2 heterocycles. The Hall–Kier alpha value is -1.27. The summed E-state index contributed by atoms with van der Waals surface area (Å²) in [5, 5.41) is 8.17. The van der Waals surface area contributed by atoms with Crippen LogP contribution >= 0.6 is 12.2 Å². The number of hydrogen-bond donors (Lipinski definition) is 1. The molecule has 20 heavy (non-hydrogen) atoms. The highest BCUT2D eigenvalue weighted by molar-refractivity contribution is 7.80. The van der Waals surface area contributed by atoms with Crippen LogP contribution in [0.5, 0.6) is 5.88 Å². The second-order valence-corrected chi connectivity index (χ2v) is 5.65. The van der Waals surface area contributed by atoms with E-state index in [0.29, 0.717) is 23.0 Å². The fourth-order valence-electron chi connectivity index (χ4n) is 2.43. The van der Waals surface area contributed by atoms with Crippen molar-refractivity contribution in [2.45, 2.75) is 33.1 Å². The van der Waals surface area contributed by atoms with Gasteiger partial charge in [-0.1, -0.05) is 18.6 Å². The second-order valence-electron chi connectivity index (χ2n) is 5.21. The van der Waals surface area contributed by atoms with Gasteiger partial charge in [0.25, 0.3) is 0 Å². The van der Waals surface area contributed by atoms with Crippen LogP contribution in [0.4, 0.5) is 0 Å². The summed E-state index contributed by atoms with van der Waals surface area (Å²) in [6, 6.07) is 0. The molecule has 0 amide bonds. The Kier molecular flexibility index (Phi) is 5.25. The van der Waals surface area contributed by atoms with Gasteiger partial charge in [-0.25, -0.2) is 0 Å². The predicted molar refractivity (Wildman–Crippen MR) is 83.2 cm³/mol. The lowest BCUT2D eigenvalue weighted by Gasteiger charge is -2.26. The summed E-state index contributed by atoms with van der Waals surface area (Å²) >= 11 is 5.09. The van der Waals surface area contributed by atoms with Crippen molar-refractivity contribution < 1.29 is 4.74 Å². The van der Waals surface area contributed by atoms with Gasteiger partial charge in [0.05, 0.1) is 11.3 Å². The van der Waals surface area contributed by atoms with E-state index in [1.54, 1.807) is 0 Å². The predicted octanol–water partition coefficient (Wildman–Crippen LogP) is 1.59. The molecule has 0 unspecified atom stereocenters. The summed E-state index contributed by atoms with van der Waals surface area (Å²) in [6.07, 6.45) is 3.90. The molecule has 2 rings (SSSR count). The van der Waals surface area contributed by atoms with Crippen LogP contribution in [0.3, 0.4) is 0 Å². The Morgan fingerprint density at radius 1 is 1.25 bits per heavy atom. The third-order valence-electron chi connectivity index (χ3n) is 3.76. The number of nitrogens with two attached hydrogens (primary N) is 1. The number of aryl methyl sites for hydroxylation is 1. The Morgan fingerprint density at radius 3 is 2.60 bits per heavy atom. The molecule has 0 bridgehead atoms. The maximum absolute atomic E-state index is 5.77. The van der Waals surface area contributed by atoms with Gasteiger partial charge in [-0.3, -0.25) is 4.90 Å². The number of piperidine rings is 1. The molecule has 6 heteroatoms. The molecule has 2 N–H and O–H groups in total. The summed E-state index contributed by atoms with van der Waals surface area (Å²) in [7, 11) is 0. The van der Waals surface area contributed by atoms with Gasteiger partial charge in [0.2, 0.25) is 5.88 Å². The van der Waals surface area contributed by atoms with Gasteiger partial charge >= 0.3 is 0 Å². The number of hydrogen-bond acceptors (Lipinski definition) is 5. The highest BCUT2D eigenvalue weighted by Crippen LogP contribution is 2.20. The molecule has 110 valence electrons. The van der Waals surface area contributed by atoms with Crippen molar-refractivity contribution in [1.29, 1.82) is 0 Å². The third kappa shape index (κ3) is 3.64. The van der Waals surface area contributed by atoms with Crippen LogP contribution in [0.1, 0.15) is 36.1 Å². The molecule has 1 aromatic rings. The normalized spacial score (nSPS) is 16.1. The molecular formula is C14H22N4OS. The molecule has 1 aliphatic rings. The first-order chi connectivity index (χ1) is 9.59. The standard InChI is InChI=1S/C14H22N4OS/c1-10-11(2)16-17-14(12(10)13(15)20)19-9-8-18-6-4-3-5-7-18/h3-9H2,1-2H3,(H2,15,20). The van der Waals surface area contributed by atoms with E-state index in [2.05, 4.69) is 15.1 Å². The van der Waals surface area contributed by atoms with Gasteiger partial charge in [0, 0.05) is 6.54 Å². The van der Waals surface area contributed by atoms with Gasteiger partial charge in [-0.05, 0) is 45.3 Å². The molecule has 1 saturated heterocycles. The van der Waals surface area contributed by atoms with Crippen molar-refractivity contribution in [3.05, 3.63) is 16.8 Å². The Labute approximate surface area is 125 Å². The number of ether oxygens (including phenoxy) is 1. The number of aromatic nitrogens is 2.